The lowest BCUT2D eigenvalue weighted by Crippen LogP contribution is -2.46. The van der Waals surface area contributed by atoms with Crippen LogP contribution < -0.4 is 0 Å². The fourth-order valence-corrected chi connectivity index (χ4v) is 8.18. The molecule has 0 aromatic rings. The van der Waals surface area contributed by atoms with E-state index in [1.165, 1.54) is 25.7 Å². The Kier molecular flexibility index (Phi) is 5.59. The van der Waals surface area contributed by atoms with Crippen molar-refractivity contribution in [2.24, 2.45) is 47.3 Å². The summed E-state index contributed by atoms with van der Waals surface area (Å²) >= 11 is 0. The van der Waals surface area contributed by atoms with E-state index in [1.54, 1.807) is 64.2 Å². The highest BCUT2D eigenvalue weighted by Gasteiger charge is 2.49. The molecule has 0 aromatic carbocycles. The zero-order chi connectivity index (χ0) is 16.5. The Hall–Kier alpha value is 0. The topological polar surface area (TPSA) is 0 Å². The predicted octanol–water partition coefficient (Wildman–Crippen LogP) is 7.47. The first-order valence-corrected chi connectivity index (χ1v) is 11.8. The molecule has 0 heteroatoms. The molecular formula is C24H42. The summed E-state index contributed by atoms with van der Waals surface area (Å²) in [7, 11) is 0. The van der Waals surface area contributed by atoms with Crippen LogP contribution in [-0.2, 0) is 0 Å². The van der Waals surface area contributed by atoms with Crippen LogP contribution in [0.1, 0.15) is 104 Å². The van der Waals surface area contributed by atoms with Gasteiger partial charge in [-0.25, -0.2) is 0 Å². The van der Waals surface area contributed by atoms with E-state index in [1.807, 2.05) is 0 Å². The molecular weight excluding hydrogens is 288 g/mol. The van der Waals surface area contributed by atoms with Gasteiger partial charge in [-0.15, -0.1) is 0 Å². The van der Waals surface area contributed by atoms with Crippen LogP contribution >= 0.6 is 0 Å². The van der Waals surface area contributed by atoms with Crippen LogP contribution in [0.4, 0.5) is 0 Å². The largest absolute Gasteiger partial charge is 0.0654 e. The molecule has 0 spiro atoms. The van der Waals surface area contributed by atoms with Crippen molar-refractivity contribution in [2.75, 3.05) is 0 Å². The smallest absolute Gasteiger partial charge is 0.0352 e. The highest BCUT2D eigenvalue weighted by atomic mass is 14.5. The third-order valence-corrected chi connectivity index (χ3v) is 9.24. The molecule has 0 aromatic heterocycles. The molecule has 0 bridgehead atoms. The molecule has 0 heterocycles. The van der Waals surface area contributed by atoms with Gasteiger partial charge in [0, 0.05) is 0 Å². The third-order valence-electron chi connectivity index (χ3n) is 9.24. The Morgan fingerprint density at radius 2 is 1.33 bits per heavy atom. The van der Waals surface area contributed by atoms with Gasteiger partial charge in [-0.3, -0.25) is 0 Å². The summed E-state index contributed by atoms with van der Waals surface area (Å²) in [6.45, 7) is 4.99. The first kappa shape index (κ1) is 17.4. The molecule has 4 aliphatic carbocycles. The first-order chi connectivity index (χ1) is 11.8. The second-order valence-electron chi connectivity index (χ2n) is 10.2. The number of fused-ring (bicyclic) bond motifs is 3. The standard InChI is InChI=1S/C24H42/c1-3-4-10-21-22(19-12-7-8-17(19)2)15-16-23-20-11-6-5-9-18(20)13-14-24(21)23/h17-24H,3-16H2,1-2H3. The number of hydrogen-bond acceptors (Lipinski definition) is 0. The van der Waals surface area contributed by atoms with E-state index in [9.17, 15) is 0 Å². The zero-order valence-corrected chi connectivity index (χ0v) is 16.5. The quantitative estimate of drug-likeness (QED) is 0.501. The van der Waals surface area contributed by atoms with Crippen LogP contribution in [0.15, 0.2) is 0 Å². The second kappa shape index (κ2) is 7.71. The fraction of sp³-hybridized carbons (Fsp3) is 1.00. The van der Waals surface area contributed by atoms with E-state index >= 15 is 0 Å². The van der Waals surface area contributed by atoms with Gasteiger partial charge in [-0.2, -0.15) is 0 Å². The molecule has 0 saturated heterocycles. The van der Waals surface area contributed by atoms with E-state index in [0.717, 1.165) is 47.3 Å². The van der Waals surface area contributed by atoms with Gasteiger partial charge in [0.1, 0.15) is 0 Å². The van der Waals surface area contributed by atoms with Crippen molar-refractivity contribution in [3.8, 4) is 0 Å². The van der Waals surface area contributed by atoms with Gasteiger partial charge in [0.05, 0.1) is 0 Å². The van der Waals surface area contributed by atoms with Gasteiger partial charge >= 0.3 is 0 Å². The van der Waals surface area contributed by atoms with Crippen molar-refractivity contribution in [2.45, 2.75) is 104 Å². The predicted molar refractivity (Wildman–Crippen MR) is 104 cm³/mol. The Balaban J connectivity index is 1.52. The third kappa shape index (κ3) is 3.21. The minimum Gasteiger partial charge on any atom is -0.0654 e. The average Bonchev–Trinajstić information content (AvgIpc) is 3.05. The highest BCUT2D eigenvalue weighted by molar-refractivity contribution is 4.99. The Morgan fingerprint density at radius 1 is 0.625 bits per heavy atom. The second-order valence-corrected chi connectivity index (χ2v) is 10.2. The normalized spacial score (nSPS) is 48.8. The lowest BCUT2D eigenvalue weighted by molar-refractivity contribution is -0.0485. The Labute approximate surface area is 151 Å². The van der Waals surface area contributed by atoms with Crippen LogP contribution in [0.5, 0.6) is 0 Å². The highest BCUT2D eigenvalue weighted by Crippen LogP contribution is 2.58. The van der Waals surface area contributed by atoms with E-state index in [2.05, 4.69) is 13.8 Å². The summed E-state index contributed by atoms with van der Waals surface area (Å²) < 4.78 is 0. The zero-order valence-electron chi connectivity index (χ0n) is 16.5. The molecule has 24 heavy (non-hydrogen) atoms. The maximum atomic E-state index is 2.58. The van der Waals surface area contributed by atoms with Gasteiger partial charge in [0.2, 0.25) is 0 Å². The average molecular weight is 331 g/mol. The molecule has 4 aliphatic rings. The minimum absolute atomic E-state index is 1.03. The molecule has 0 N–H and O–H groups in total. The lowest BCUT2D eigenvalue weighted by Gasteiger charge is -2.54. The molecule has 8 unspecified atom stereocenters. The van der Waals surface area contributed by atoms with Crippen molar-refractivity contribution in [1.82, 2.24) is 0 Å². The van der Waals surface area contributed by atoms with E-state index in [4.69, 9.17) is 0 Å². The van der Waals surface area contributed by atoms with Crippen LogP contribution in [0, 0.1) is 47.3 Å². The molecule has 4 rings (SSSR count). The van der Waals surface area contributed by atoms with Crippen molar-refractivity contribution in [1.29, 1.82) is 0 Å². The van der Waals surface area contributed by atoms with Gasteiger partial charge in [0.25, 0.3) is 0 Å². The van der Waals surface area contributed by atoms with Crippen molar-refractivity contribution in [3.05, 3.63) is 0 Å². The van der Waals surface area contributed by atoms with Crippen LogP contribution in [-0.4, -0.2) is 0 Å². The number of hydrogen-bond donors (Lipinski definition) is 0. The lowest BCUT2D eigenvalue weighted by atomic mass is 9.51. The first-order valence-electron chi connectivity index (χ1n) is 11.8. The monoisotopic (exact) mass is 330 g/mol. The van der Waals surface area contributed by atoms with Crippen LogP contribution in [0.3, 0.4) is 0 Å². The van der Waals surface area contributed by atoms with Gasteiger partial charge in [-0.05, 0) is 92.3 Å². The van der Waals surface area contributed by atoms with Crippen molar-refractivity contribution >= 4 is 0 Å². The van der Waals surface area contributed by atoms with Gasteiger partial charge in [0.15, 0.2) is 0 Å². The molecule has 0 amide bonds. The number of unbranched alkanes of at least 4 members (excludes halogenated alkanes) is 1. The molecule has 4 saturated carbocycles. The van der Waals surface area contributed by atoms with E-state index in [-0.39, 0.29) is 0 Å². The van der Waals surface area contributed by atoms with E-state index in [0.29, 0.717) is 0 Å². The maximum absolute atomic E-state index is 2.58. The van der Waals surface area contributed by atoms with Crippen LogP contribution in [0.25, 0.3) is 0 Å². The minimum atomic E-state index is 1.03. The summed E-state index contributed by atoms with van der Waals surface area (Å²) in [5.74, 6) is 8.88. The number of rotatable bonds is 4. The van der Waals surface area contributed by atoms with Crippen molar-refractivity contribution < 1.29 is 0 Å². The molecule has 0 nitrogen and oxygen atoms in total. The molecule has 8 atom stereocenters. The Bertz CT molecular complexity index is 399. The molecule has 4 fully saturated rings. The summed E-state index contributed by atoms with van der Waals surface area (Å²) in [6.07, 6.45) is 21.8. The van der Waals surface area contributed by atoms with Gasteiger partial charge in [-0.1, -0.05) is 58.8 Å². The summed E-state index contributed by atoms with van der Waals surface area (Å²) in [4.78, 5) is 0. The molecule has 0 radical (unpaired) electrons. The summed E-state index contributed by atoms with van der Waals surface area (Å²) in [5.41, 5.74) is 0. The molecule has 0 aliphatic heterocycles. The summed E-state index contributed by atoms with van der Waals surface area (Å²) in [5, 5.41) is 0. The maximum Gasteiger partial charge on any atom is -0.0352 e. The summed E-state index contributed by atoms with van der Waals surface area (Å²) in [6, 6.07) is 0. The fourth-order valence-electron chi connectivity index (χ4n) is 8.18. The van der Waals surface area contributed by atoms with Gasteiger partial charge < -0.3 is 0 Å². The van der Waals surface area contributed by atoms with Crippen molar-refractivity contribution in [3.63, 3.8) is 0 Å². The molecule has 138 valence electrons. The SMILES string of the molecule is CCCCC1C(C2CCCC2C)CCC2C3CCCCC3CCC21. The van der Waals surface area contributed by atoms with Crippen LogP contribution in [0.2, 0.25) is 0 Å². The van der Waals surface area contributed by atoms with E-state index < -0.39 is 0 Å². The Morgan fingerprint density at radius 3 is 2.12 bits per heavy atom.